The third kappa shape index (κ3) is 2.41. The largest absolute Gasteiger partial charge is 0.0843 e. The standard InChI is InChI=1S/C29H21Cl/c1-29(2)25-9-5-8-19-12-14-23(21-11-10-18-6-3-4-7-20(18)16-21)28(27(19)25)24-15-13-22(30)17-26(24)29/h3-17H,1-2H3. The average Bonchev–Trinajstić information content (AvgIpc) is 2.77. The summed E-state index contributed by atoms with van der Waals surface area (Å²) in [5, 5.41) is 5.98. The van der Waals surface area contributed by atoms with Crippen LogP contribution in [-0.4, -0.2) is 0 Å². The first-order valence-corrected chi connectivity index (χ1v) is 10.8. The van der Waals surface area contributed by atoms with E-state index < -0.39 is 0 Å². The first-order valence-electron chi connectivity index (χ1n) is 10.4. The molecule has 0 N–H and O–H groups in total. The Morgan fingerprint density at radius 1 is 0.600 bits per heavy atom. The molecule has 0 spiro atoms. The molecule has 0 saturated carbocycles. The predicted molar refractivity (Wildman–Crippen MR) is 129 cm³/mol. The van der Waals surface area contributed by atoms with Gasteiger partial charge in [0.05, 0.1) is 0 Å². The minimum Gasteiger partial charge on any atom is -0.0843 e. The fraction of sp³-hybridized carbons (Fsp3) is 0.103. The van der Waals surface area contributed by atoms with Gasteiger partial charge in [-0.3, -0.25) is 0 Å². The third-order valence-corrected chi connectivity index (χ3v) is 6.94. The quantitative estimate of drug-likeness (QED) is 0.262. The van der Waals surface area contributed by atoms with Crippen LogP contribution in [0.15, 0.2) is 91.0 Å². The molecule has 0 aliphatic heterocycles. The van der Waals surface area contributed by atoms with Gasteiger partial charge in [0.15, 0.2) is 0 Å². The molecule has 5 aromatic rings. The Bertz CT molecular complexity index is 1470. The lowest BCUT2D eigenvalue weighted by molar-refractivity contribution is 0.645. The van der Waals surface area contributed by atoms with E-state index >= 15 is 0 Å². The number of halogens is 1. The van der Waals surface area contributed by atoms with E-state index in [-0.39, 0.29) is 5.41 Å². The molecule has 0 saturated heterocycles. The monoisotopic (exact) mass is 404 g/mol. The van der Waals surface area contributed by atoms with Gasteiger partial charge in [0.25, 0.3) is 0 Å². The van der Waals surface area contributed by atoms with Crippen LogP contribution in [0.1, 0.15) is 25.0 Å². The maximum atomic E-state index is 6.46. The highest BCUT2D eigenvalue weighted by molar-refractivity contribution is 6.31. The molecule has 0 bridgehead atoms. The van der Waals surface area contributed by atoms with Gasteiger partial charge in [-0.1, -0.05) is 98.2 Å². The van der Waals surface area contributed by atoms with E-state index in [1.165, 1.54) is 54.9 Å². The lowest BCUT2D eigenvalue weighted by Gasteiger charge is -2.36. The van der Waals surface area contributed by atoms with Gasteiger partial charge in [0.2, 0.25) is 0 Å². The predicted octanol–water partition coefficient (Wildman–Crippen LogP) is 8.62. The molecule has 30 heavy (non-hydrogen) atoms. The first kappa shape index (κ1) is 17.7. The van der Waals surface area contributed by atoms with Crippen molar-refractivity contribution >= 4 is 33.1 Å². The van der Waals surface area contributed by atoms with Crippen molar-refractivity contribution in [1.82, 2.24) is 0 Å². The molecule has 0 unspecified atom stereocenters. The molecule has 0 amide bonds. The number of fused-ring (bicyclic) bond motifs is 3. The van der Waals surface area contributed by atoms with E-state index in [4.69, 9.17) is 11.6 Å². The van der Waals surface area contributed by atoms with Crippen molar-refractivity contribution in [3.63, 3.8) is 0 Å². The smallest absolute Gasteiger partial charge is 0.0409 e. The van der Waals surface area contributed by atoms with Gasteiger partial charge >= 0.3 is 0 Å². The van der Waals surface area contributed by atoms with Crippen LogP contribution in [0, 0.1) is 0 Å². The molecule has 1 aliphatic carbocycles. The van der Waals surface area contributed by atoms with Crippen LogP contribution in [0.2, 0.25) is 5.02 Å². The molecule has 1 aliphatic rings. The second-order valence-electron chi connectivity index (χ2n) is 8.77. The minimum atomic E-state index is -0.102. The Morgan fingerprint density at radius 2 is 1.33 bits per heavy atom. The SMILES string of the molecule is CC1(C)c2cc(Cl)ccc2-c2c(-c3ccc4ccccc4c3)ccc3cccc1c23. The number of hydrogen-bond donors (Lipinski definition) is 0. The summed E-state index contributed by atoms with van der Waals surface area (Å²) in [6, 6.07) is 32.9. The van der Waals surface area contributed by atoms with Crippen molar-refractivity contribution in [1.29, 1.82) is 0 Å². The molecule has 144 valence electrons. The highest BCUT2D eigenvalue weighted by Gasteiger charge is 2.34. The van der Waals surface area contributed by atoms with Gasteiger partial charge in [-0.15, -0.1) is 0 Å². The maximum Gasteiger partial charge on any atom is 0.0409 e. The van der Waals surface area contributed by atoms with E-state index in [1.54, 1.807) is 0 Å². The second kappa shape index (κ2) is 6.20. The van der Waals surface area contributed by atoms with Crippen molar-refractivity contribution in [3.05, 3.63) is 107 Å². The number of hydrogen-bond acceptors (Lipinski definition) is 0. The van der Waals surface area contributed by atoms with Crippen molar-refractivity contribution in [2.45, 2.75) is 19.3 Å². The normalized spacial score (nSPS) is 14.1. The third-order valence-electron chi connectivity index (χ3n) is 6.70. The van der Waals surface area contributed by atoms with Crippen molar-refractivity contribution < 1.29 is 0 Å². The minimum absolute atomic E-state index is 0.102. The number of rotatable bonds is 1. The Hall–Kier alpha value is -3.09. The summed E-state index contributed by atoms with van der Waals surface area (Å²) >= 11 is 6.46. The summed E-state index contributed by atoms with van der Waals surface area (Å²) in [6.07, 6.45) is 0. The maximum absolute atomic E-state index is 6.46. The lowest BCUT2D eigenvalue weighted by Crippen LogP contribution is -2.23. The highest BCUT2D eigenvalue weighted by atomic mass is 35.5. The van der Waals surface area contributed by atoms with Gasteiger partial charge in [-0.05, 0) is 73.1 Å². The van der Waals surface area contributed by atoms with Gasteiger partial charge in [0.1, 0.15) is 0 Å². The molecule has 0 aromatic heterocycles. The van der Waals surface area contributed by atoms with Crippen molar-refractivity contribution in [2.24, 2.45) is 0 Å². The fourth-order valence-corrected chi connectivity index (χ4v) is 5.35. The van der Waals surface area contributed by atoms with Crippen LogP contribution in [0.4, 0.5) is 0 Å². The van der Waals surface area contributed by atoms with Gasteiger partial charge in [-0.2, -0.15) is 0 Å². The number of benzene rings is 5. The molecular weight excluding hydrogens is 384 g/mol. The molecule has 0 atom stereocenters. The van der Waals surface area contributed by atoms with Crippen LogP contribution in [0.25, 0.3) is 43.8 Å². The van der Waals surface area contributed by atoms with Gasteiger partial charge < -0.3 is 0 Å². The van der Waals surface area contributed by atoms with Crippen LogP contribution in [0.5, 0.6) is 0 Å². The zero-order chi connectivity index (χ0) is 20.5. The molecular formula is C29H21Cl. The van der Waals surface area contributed by atoms with Crippen LogP contribution in [0.3, 0.4) is 0 Å². The molecule has 6 rings (SSSR count). The highest BCUT2D eigenvalue weighted by Crippen LogP contribution is 2.52. The fourth-order valence-electron chi connectivity index (χ4n) is 5.17. The summed E-state index contributed by atoms with van der Waals surface area (Å²) in [4.78, 5) is 0. The van der Waals surface area contributed by atoms with E-state index in [9.17, 15) is 0 Å². The molecule has 0 radical (unpaired) electrons. The van der Waals surface area contributed by atoms with Crippen LogP contribution < -0.4 is 0 Å². The molecule has 0 nitrogen and oxygen atoms in total. The molecule has 5 aromatic carbocycles. The Balaban J connectivity index is 1.76. The van der Waals surface area contributed by atoms with Crippen LogP contribution in [-0.2, 0) is 5.41 Å². The summed E-state index contributed by atoms with van der Waals surface area (Å²) in [6.45, 7) is 4.62. The molecule has 0 heterocycles. The first-order chi connectivity index (χ1) is 14.5. The van der Waals surface area contributed by atoms with E-state index in [1.807, 2.05) is 6.07 Å². The second-order valence-corrected chi connectivity index (χ2v) is 9.21. The lowest BCUT2D eigenvalue weighted by atomic mass is 9.67. The van der Waals surface area contributed by atoms with Crippen molar-refractivity contribution in [2.75, 3.05) is 0 Å². The van der Waals surface area contributed by atoms with Gasteiger partial charge in [-0.25, -0.2) is 0 Å². The summed E-state index contributed by atoms with van der Waals surface area (Å²) < 4.78 is 0. The Morgan fingerprint density at radius 3 is 2.20 bits per heavy atom. The zero-order valence-electron chi connectivity index (χ0n) is 17.0. The van der Waals surface area contributed by atoms with Crippen molar-refractivity contribution in [3.8, 4) is 22.3 Å². The summed E-state index contributed by atoms with van der Waals surface area (Å²) in [5.74, 6) is 0. The van der Waals surface area contributed by atoms with Crippen LogP contribution >= 0.6 is 11.6 Å². The average molecular weight is 405 g/mol. The molecule has 1 heteroatoms. The van der Waals surface area contributed by atoms with E-state index in [2.05, 4.69) is 98.8 Å². The Kier molecular flexibility index (Phi) is 3.67. The zero-order valence-corrected chi connectivity index (χ0v) is 17.8. The molecule has 0 fully saturated rings. The van der Waals surface area contributed by atoms with Gasteiger partial charge in [0, 0.05) is 10.4 Å². The summed E-state index contributed by atoms with van der Waals surface area (Å²) in [5.41, 5.74) is 7.70. The Labute approximate surface area is 181 Å². The topological polar surface area (TPSA) is 0 Å². The van der Waals surface area contributed by atoms with E-state index in [0.29, 0.717) is 0 Å². The van der Waals surface area contributed by atoms with E-state index in [0.717, 1.165) is 5.02 Å². The summed E-state index contributed by atoms with van der Waals surface area (Å²) in [7, 11) is 0.